The Morgan fingerprint density at radius 1 is 1.20 bits per heavy atom. The third kappa shape index (κ3) is 4.74. The largest absolute Gasteiger partial charge is 0.511 e. The van der Waals surface area contributed by atoms with E-state index in [1.165, 1.54) is 18.2 Å². The maximum atomic E-state index is 14.1. The zero-order valence-corrected chi connectivity index (χ0v) is 24.6. The number of aliphatic hydroxyl groups is 1. The second kappa shape index (κ2) is 9.81. The van der Waals surface area contributed by atoms with Crippen LogP contribution < -0.4 is 5.32 Å². The van der Waals surface area contributed by atoms with Gasteiger partial charge in [-0.3, -0.25) is 4.79 Å². The summed E-state index contributed by atoms with van der Waals surface area (Å²) in [6.07, 6.45) is 4.69. The molecule has 40 heavy (non-hydrogen) atoms. The predicted octanol–water partition coefficient (Wildman–Crippen LogP) is 4.30. The molecule has 0 spiro atoms. The number of aryl methyl sites for hydroxylation is 1. The van der Waals surface area contributed by atoms with Crippen LogP contribution in [0.4, 0.5) is 9.39 Å². The summed E-state index contributed by atoms with van der Waals surface area (Å²) in [5.41, 5.74) is 0.665. The van der Waals surface area contributed by atoms with Crippen molar-refractivity contribution >= 4 is 59.5 Å². The number of nitrogens with zero attached hydrogens (tertiary/aromatic N) is 2. The van der Waals surface area contributed by atoms with E-state index in [1.807, 2.05) is 0 Å². The molecule has 2 N–H and O–H groups in total. The first-order chi connectivity index (χ1) is 18.8. The van der Waals surface area contributed by atoms with Crippen LogP contribution >= 0.6 is 22.9 Å². The Hall–Kier alpha value is -2.48. The standard InChI is InChI=1S/C26H27ClFN3O6S3/c1-39(34,35)9-8-16-12-38-25-23(16)40(36,37)30-24(29-25)20-22(32)19-13-2-4-14(5-3-13)21(19)31(26(20)33)11-15-6-7-17(28)10-18(15)27/h6-7,10,12-14,19,21,32H,2-5,8-9,11H2,1H3,(H,29,30). The second-order valence-corrected chi connectivity index (χ2v) is 16.0. The van der Waals surface area contributed by atoms with Crippen molar-refractivity contribution in [2.75, 3.05) is 17.3 Å². The van der Waals surface area contributed by atoms with Crippen molar-refractivity contribution in [3.05, 3.63) is 56.9 Å². The number of rotatable bonds is 6. The molecule has 0 radical (unpaired) electrons. The Morgan fingerprint density at radius 3 is 2.58 bits per heavy atom. The lowest BCUT2D eigenvalue weighted by Crippen LogP contribution is -2.60. The monoisotopic (exact) mass is 627 g/mol. The van der Waals surface area contributed by atoms with Crippen LogP contribution in [0.25, 0.3) is 0 Å². The van der Waals surface area contributed by atoms with E-state index in [1.54, 1.807) is 10.3 Å². The molecular formula is C26H27ClFN3O6S3. The molecule has 1 aromatic heterocycles. The summed E-state index contributed by atoms with van der Waals surface area (Å²) in [5, 5.41) is 16.4. The van der Waals surface area contributed by atoms with Crippen molar-refractivity contribution in [3.8, 4) is 0 Å². The number of sulfone groups is 1. The highest BCUT2D eigenvalue weighted by Crippen LogP contribution is 2.53. The number of thiophene rings is 1. The molecule has 2 aliphatic heterocycles. The Labute approximate surface area is 240 Å². The number of halogens is 2. The maximum Gasteiger partial charge on any atom is 0.287 e. The summed E-state index contributed by atoms with van der Waals surface area (Å²) in [6.45, 7) is 0.0685. The number of hydrogen-bond donors (Lipinski definition) is 2. The molecule has 2 atom stereocenters. The van der Waals surface area contributed by atoms with Gasteiger partial charge in [-0.1, -0.05) is 17.7 Å². The van der Waals surface area contributed by atoms with Gasteiger partial charge in [-0.25, -0.2) is 12.8 Å². The Morgan fingerprint density at radius 2 is 1.90 bits per heavy atom. The van der Waals surface area contributed by atoms with E-state index < -0.39 is 31.6 Å². The number of sulfonamides is 1. The molecule has 3 aliphatic carbocycles. The molecule has 3 heterocycles. The third-order valence-electron chi connectivity index (χ3n) is 8.43. The average Bonchev–Trinajstić information content (AvgIpc) is 3.30. The number of benzene rings is 1. The van der Waals surface area contributed by atoms with Crippen LogP contribution in [0.1, 0.15) is 36.8 Å². The summed E-state index contributed by atoms with van der Waals surface area (Å²) < 4.78 is 67.7. The van der Waals surface area contributed by atoms with E-state index in [0.29, 0.717) is 11.1 Å². The van der Waals surface area contributed by atoms with Gasteiger partial charge in [0.25, 0.3) is 15.9 Å². The van der Waals surface area contributed by atoms with Crippen LogP contribution in [0.15, 0.2) is 44.2 Å². The van der Waals surface area contributed by atoms with Gasteiger partial charge in [0.05, 0.1) is 5.75 Å². The quantitative estimate of drug-likeness (QED) is 0.488. The highest BCUT2D eigenvalue weighted by molar-refractivity contribution is 7.91. The van der Waals surface area contributed by atoms with E-state index in [9.17, 15) is 31.1 Å². The minimum atomic E-state index is -4.31. The zero-order valence-electron chi connectivity index (χ0n) is 21.4. The number of hydrogen-bond acceptors (Lipinski definition) is 8. The summed E-state index contributed by atoms with van der Waals surface area (Å²) in [4.78, 5) is 15.6. The number of amides is 1. The van der Waals surface area contributed by atoms with E-state index in [2.05, 4.69) is 9.71 Å². The molecule has 1 amide bonds. The molecule has 7 rings (SSSR count). The van der Waals surface area contributed by atoms with Crippen LogP contribution in [-0.2, 0) is 37.6 Å². The molecule has 3 saturated carbocycles. The number of nitrogens with one attached hydrogen (secondary N) is 1. The minimum absolute atomic E-state index is 0.00232. The van der Waals surface area contributed by atoms with Crippen molar-refractivity contribution < 1.29 is 31.1 Å². The van der Waals surface area contributed by atoms with E-state index in [4.69, 9.17) is 11.6 Å². The van der Waals surface area contributed by atoms with Crippen molar-refractivity contribution in [3.63, 3.8) is 0 Å². The van der Waals surface area contributed by atoms with Gasteiger partial charge in [0.15, 0.2) is 5.84 Å². The molecule has 14 heteroatoms. The van der Waals surface area contributed by atoms with Gasteiger partial charge >= 0.3 is 0 Å². The van der Waals surface area contributed by atoms with Crippen molar-refractivity contribution in [2.24, 2.45) is 22.2 Å². The van der Waals surface area contributed by atoms with Crippen LogP contribution in [0.5, 0.6) is 0 Å². The van der Waals surface area contributed by atoms with E-state index in [0.717, 1.165) is 43.3 Å². The average molecular weight is 628 g/mol. The number of anilines is 1. The second-order valence-electron chi connectivity index (χ2n) is 11.0. The van der Waals surface area contributed by atoms with Crippen LogP contribution in [0.2, 0.25) is 5.02 Å². The first-order valence-electron chi connectivity index (χ1n) is 12.9. The molecule has 2 bridgehead atoms. The number of aliphatic hydroxyl groups excluding tert-OH is 1. The first kappa shape index (κ1) is 27.7. The number of fused-ring (bicyclic) bond motifs is 3. The summed E-state index contributed by atoms with van der Waals surface area (Å²) >= 11 is 7.39. The molecule has 0 saturated heterocycles. The summed E-state index contributed by atoms with van der Waals surface area (Å²) in [6, 6.07) is 3.68. The molecule has 5 aliphatic rings. The highest BCUT2D eigenvalue weighted by Gasteiger charge is 2.54. The lowest BCUT2D eigenvalue weighted by Gasteiger charge is -2.54. The fourth-order valence-corrected chi connectivity index (χ4v) is 10.2. The normalized spacial score (nSPS) is 27.2. The topological polar surface area (TPSA) is 133 Å². The van der Waals surface area contributed by atoms with Gasteiger partial charge in [0, 0.05) is 29.8 Å². The van der Waals surface area contributed by atoms with Gasteiger partial charge in [0.2, 0.25) is 0 Å². The smallest absolute Gasteiger partial charge is 0.287 e. The summed E-state index contributed by atoms with van der Waals surface area (Å²) in [7, 11) is -7.63. The molecule has 214 valence electrons. The van der Waals surface area contributed by atoms with E-state index >= 15 is 0 Å². The van der Waals surface area contributed by atoms with Crippen molar-refractivity contribution in [2.45, 2.75) is 49.6 Å². The Bertz CT molecular complexity index is 1690. The highest BCUT2D eigenvalue weighted by atomic mass is 35.5. The fourth-order valence-electron chi connectivity index (χ4n) is 6.66. The van der Waals surface area contributed by atoms with Gasteiger partial charge in [-0.15, -0.1) is 15.7 Å². The van der Waals surface area contributed by atoms with Crippen molar-refractivity contribution in [1.82, 2.24) is 4.90 Å². The molecule has 1 aromatic carbocycles. The van der Waals surface area contributed by atoms with Crippen LogP contribution in [0.3, 0.4) is 0 Å². The molecule has 9 nitrogen and oxygen atoms in total. The zero-order chi connectivity index (χ0) is 28.6. The first-order valence-corrected chi connectivity index (χ1v) is 17.7. The van der Waals surface area contributed by atoms with Gasteiger partial charge in [-0.2, -0.15) is 8.42 Å². The SMILES string of the molecule is CS(=O)(=O)CCc1csc2c1S(=O)(=O)N=C(C1=C(O)C3C4CCC(CC4)C3N(Cc3ccc(F)cc3Cl)C1=O)N2. The Balaban J connectivity index is 1.41. The van der Waals surface area contributed by atoms with Crippen molar-refractivity contribution in [1.29, 1.82) is 0 Å². The summed E-state index contributed by atoms with van der Waals surface area (Å²) in [5.74, 6) is -1.84. The molecule has 2 unspecified atom stereocenters. The van der Waals surface area contributed by atoms with Crippen LogP contribution in [0, 0.1) is 23.6 Å². The predicted molar refractivity (Wildman–Crippen MR) is 150 cm³/mol. The number of carbonyl (C=O) groups excluding carboxylic acids is 1. The molecule has 2 aromatic rings. The third-order valence-corrected chi connectivity index (χ3v) is 12.2. The van der Waals surface area contributed by atoms with Gasteiger partial charge in [0.1, 0.15) is 36.9 Å². The van der Waals surface area contributed by atoms with Gasteiger partial charge < -0.3 is 15.3 Å². The Kier molecular flexibility index (Phi) is 6.79. The van der Waals surface area contributed by atoms with E-state index in [-0.39, 0.29) is 74.6 Å². The molecule has 3 fully saturated rings. The van der Waals surface area contributed by atoms with Gasteiger partial charge in [-0.05, 0) is 72.6 Å². The number of carbonyl (C=O) groups is 1. The lowest BCUT2D eigenvalue weighted by atomic mass is 9.59. The molecular weight excluding hydrogens is 601 g/mol. The minimum Gasteiger partial charge on any atom is -0.511 e. The lowest BCUT2D eigenvalue weighted by molar-refractivity contribution is -0.140. The maximum absolute atomic E-state index is 14.1. The fraction of sp³-hybridized carbons (Fsp3) is 0.462. The van der Waals surface area contributed by atoms with Crippen LogP contribution in [-0.4, -0.2) is 56.6 Å². The number of amidine groups is 1.